The van der Waals surface area contributed by atoms with Gasteiger partial charge in [0.25, 0.3) is 0 Å². The van der Waals surface area contributed by atoms with E-state index in [2.05, 4.69) is 17.5 Å². The van der Waals surface area contributed by atoms with Gasteiger partial charge in [-0.1, -0.05) is 26.2 Å². The minimum Gasteiger partial charge on any atom is -0.508 e. The van der Waals surface area contributed by atoms with E-state index >= 15 is 0 Å². The van der Waals surface area contributed by atoms with Crippen molar-refractivity contribution < 1.29 is 9.90 Å². The highest BCUT2D eigenvalue weighted by Crippen LogP contribution is 2.10. The highest BCUT2D eigenvalue weighted by Gasteiger charge is 2.01. The van der Waals surface area contributed by atoms with Crippen molar-refractivity contribution >= 4 is 11.6 Å². The number of benzene rings is 1. The standard InChI is InChI=1S/C15H22N2O2/c1-3-4-5-6-7-15(19)17-16-12(2)13-8-10-14(18)11-9-13/h8-11,18H,3-7H2,1-2H3,(H,17,19)/b16-12+. The number of nitrogens with zero attached hydrogens (tertiary/aromatic N) is 1. The van der Waals surface area contributed by atoms with E-state index in [1.54, 1.807) is 24.3 Å². The Kier molecular flexibility index (Phi) is 6.64. The molecule has 1 aromatic carbocycles. The molecule has 0 fully saturated rings. The van der Waals surface area contributed by atoms with Crippen LogP contribution in [-0.4, -0.2) is 16.7 Å². The lowest BCUT2D eigenvalue weighted by molar-refractivity contribution is -0.121. The summed E-state index contributed by atoms with van der Waals surface area (Å²) in [7, 11) is 0. The van der Waals surface area contributed by atoms with Crippen LogP contribution in [0.4, 0.5) is 0 Å². The molecule has 0 aliphatic heterocycles. The van der Waals surface area contributed by atoms with E-state index in [-0.39, 0.29) is 11.7 Å². The number of phenolic OH excluding ortho intramolecular Hbond substituents is 1. The van der Waals surface area contributed by atoms with Crippen LogP contribution >= 0.6 is 0 Å². The number of nitrogens with one attached hydrogen (secondary N) is 1. The van der Waals surface area contributed by atoms with Crippen molar-refractivity contribution in [1.82, 2.24) is 5.43 Å². The van der Waals surface area contributed by atoms with Gasteiger partial charge in [0.1, 0.15) is 5.75 Å². The van der Waals surface area contributed by atoms with Crippen molar-refractivity contribution in [2.75, 3.05) is 0 Å². The molecule has 0 atom stereocenters. The molecule has 19 heavy (non-hydrogen) atoms. The fourth-order valence-corrected chi connectivity index (χ4v) is 1.68. The molecule has 1 rings (SSSR count). The zero-order chi connectivity index (χ0) is 14.1. The van der Waals surface area contributed by atoms with E-state index in [0.29, 0.717) is 6.42 Å². The Morgan fingerprint density at radius 2 is 1.89 bits per heavy atom. The van der Waals surface area contributed by atoms with Gasteiger partial charge in [-0.3, -0.25) is 4.79 Å². The number of hydrogen-bond donors (Lipinski definition) is 2. The third-order valence-corrected chi connectivity index (χ3v) is 2.89. The van der Waals surface area contributed by atoms with Crippen LogP contribution < -0.4 is 5.43 Å². The van der Waals surface area contributed by atoms with E-state index in [1.807, 2.05) is 6.92 Å². The van der Waals surface area contributed by atoms with Gasteiger partial charge in [0, 0.05) is 6.42 Å². The third-order valence-electron chi connectivity index (χ3n) is 2.89. The molecule has 4 heteroatoms. The number of rotatable bonds is 7. The van der Waals surface area contributed by atoms with Crippen molar-refractivity contribution in [2.45, 2.75) is 46.0 Å². The molecule has 2 N–H and O–H groups in total. The van der Waals surface area contributed by atoms with Crippen molar-refractivity contribution in [3.63, 3.8) is 0 Å². The summed E-state index contributed by atoms with van der Waals surface area (Å²) in [6.45, 7) is 3.97. The predicted octanol–water partition coefficient (Wildman–Crippen LogP) is 3.20. The second-order valence-electron chi connectivity index (χ2n) is 4.59. The Morgan fingerprint density at radius 3 is 2.53 bits per heavy atom. The number of phenols is 1. The number of aromatic hydroxyl groups is 1. The summed E-state index contributed by atoms with van der Waals surface area (Å²) in [4.78, 5) is 11.5. The van der Waals surface area contributed by atoms with E-state index in [4.69, 9.17) is 0 Å². The van der Waals surface area contributed by atoms with Gasteiger partial charge in [-0.05, 0) is 43.2 Å². The molecule has 0 bridgehead atoms. The first kappa shape index (κ1) is 15.2. The molecule has 4 nitrogen and oxygen atoms in total. The molecule has 0 saturated carbocycles. The molecule has 0 aliphatic carbocycles. The molecule has 1 aromatic rings. The van der Waals surface area contributed by atoms with Crippen LogP contribution in [0.5, 0.6) is 5.75 Å². The average molecular weight is 262 g/mol. The summed E-state index contributed by atoms with van der Waals surface area (Å²) in [6.07, 6.45) is 4.85. The number of amides is 1. The summed E-state index contributed by atoms with van der Waals surface area (Å²) in [5.41, 5.74) is 4.16. The first-order chi connectivity index (χ1) is 9.13. The van der Waals surface area contributed by atoms with Crippen LogP contribution in [0.3, 0.4) is 0 Å². The minimum absolute atomic E-state index is 0.0470. The molecule has 0 spiro atoms. The zero-order valence-electron chi connectivity index (χ0n) is 11.6. The van der Waals surface area contributed by atoms with Crippen molar-refractivity contribution in [1.29, 1.82) is 0 Å². The smallest absolute Gasteiger partial charge is 0.240 e. The number of hydrazone groups is 1. The van der Waals surface area contributed by atoms with Crippen LogP contribution in [0.1, 0.15) is 51.5 Å². The van der Waals surface area contributed by atoms with Crippen molar-refractivity contribution in [3.8, 4) is 5.75 Å². The lowest BCUT2D eigenvalue weighted by Gasteiger charge is -2.03. The lowest BCUT2D eigenvalue weighted by atomic mass is 10.1. The van der Waals surface area contributed by atoms with Crippen LogP contribution in [0, 0.1) is 0 Å². The Morgan fingerprint density at radius 1 is 1.21 bits per heavy atom. The number of unbranched alkanes of at least 4 members (excludes halogenated alkanes) is 3. The Hall–Kier alpha value is -1.84. The first-order valence-corrected chi connectivity index (χ1v) is 6.76. The highest BCUT2D eigenvalue weighted by molar-refractivity contribution is 5.99. The first-order valence-electron chi connectivity index (χ1n) is 6.76. The van der Waals surface area contributed by atoms with E-state index in [9.17, 15) is 9.90 Å². The Balaban J connectivity index is 2.38. The quantitative estimate of drug-likeness (QED) is 0.450. The molecular weight excluding hydrogens is 240 g/mol. The summed E-state index contributed by atoms with van der Waals surface area (Å²) in [5.74, 6) is 0.172. The molecular formula is C15H22N2O2. The van der Waals surface area contributed by atoms with E-state index in [1.165, 1.54) is 12.8 Å². The maximum absolute atomic E-state index is 11.5. The van der Waals surface area contributed by atoms with Gasteiger partial charge in [0.15, 0.2) is 0 Å². The number of carbonyl (C=O) groups excluding carboxylic acids is 1. The van der Waals surface area contributed by atoms with Gasteiger partial charge in [-0.25, -0.2) is 5.43 Å². The van der Waals surface area contributed by atoms with Crippen LogP contribution in [-0.2, 0) is 4.79 Å². The topological polar surface area (TPSA) is 61.7 Å². The maximum atomic E-state index is 11.5. The Bertz CT molecular complexity index is 424. The molecule has 0 heterocycles. The molecule has 104 valence electrons. The second-order valence-corrected chi connectivity index (χ2v) is 4.59. The highest BCUT2D eigenvalue weighted by atomic mass is 16.3. The van der Waals surface area contributed by atoms with Crippen LogP contribution in [0.25, 0.3) is 0 Å². The SMILES string of the molecule is CCCCCCC(=O)N/N=C(\C)c1ccc(O)cc1. The van der Waals surface area contributed by atoms with Crippen molar-refractivity contribution in [3.05, 3.63) is 29.8 Å². The predicted molar refractivity (Wildman–Crippen MR) is 77.2 cm³/mol. The zero-order valence-corrected chi connectivity index (χ0v) is 11.6. The number of hydrogen-bond acceptors (Lipinski definition) is 3. The van der Waals surface area contributed by atoms with Crippen molar-refractivity contribution in [2.24, 2.45) is 5.10 Å². The summed E-state index contributed by atoms with van der Waals surface area (Å²) >= 11 is 0. The third kappa shape index (κ3) is 6.04. The molecule has 0 radical (unpaired) electrons. The van der Waals surface area contributed by atoms with Gasteiger partial charge < -0.3 is 5.11 Å². The molecule has 0 aromatic heterocycles. The molecule has 0 unspecified atom stereocenters. The number of carbonyl (C=O) groups is 1. The summed E-state index contributed by atoms with van der Waals surface area (Å²) in [5, 5.41) is 13.2. The molecule has 0 saturated heterocycles. The fraction of sp³-hybridized carbons (Fsp3) is 0.467. The van der Waals surface area contributed by atoms with E-state index in [0.717, 1.165) is 24.1 Å². The monoisotopic (exact) mass is 262 g/mol. The summed E-state index contributed by atoms with van der Waals surface area (Å²) < 4.78 is 0. The van der Waals surface area contributed by atoms with Gasteiger partial charge in [0.05, 0.1) is 5.71 Å². The maximum Gasteiger partial charge on any atom is 0.240 e. The minimum atomic E-state index is -0.0470. The normalized spacial score (nSPS) is 11.4. The average Bonchev–Trinajstić information content (AvgIpc) is 2.42. The van der Waals surface area contributed by atoms with Gasteiger partial charge in [-0.15, -0.1) is 0 Å². The largest absolute Gasteiger partial charge is 0.508 e. The van der Waals surface area contributed by atoms with Gasteiger partial charge in [0.2, 0.25) is 5.91 Å². The van der Waals surface area contributed by atoms with Crippen LogP contribution in [0.2, 0.25) is 0 Å². The van der Waals surface area contributed by atoms with E-state index < -0.39 is 0 Å². The second kappa shape index (κ2) is 8.29. The fourth-order valence-electron chi connectivity index (χ4n) is 1.68. The van der Waals surface area contributed by atoms with Gasteiger partial charge in [-0.2, -0.15) is 5.10 Å². The molecule has 0 aliphatic rings. The van der Waals surface area contributed by atoms with Gasteiger partial charge >= 0.3 is 0 Å². The lowest BCUT2D eigenvalue weighted by Crippen LogP contribution is -2.18. The van der Waals surface area contributed by atoms with Crippen LogP contribution in [0.15, 0.2) is 29.4 Å². The Labute approximate surface area is 114 Å². The molecule has 1 amide bonds. The summed E-state index contributed by atoms with van der Waals surface area (Å²) in [6, 6.07) is 6.73.